The summed E-state index contributed by atoms with van der Waals surface area (Å²) in [4.78, 5) is 36.9. The molecule has 2 N–H and O–H groups in total. The SMILES string of the molecule is CCCC(=O)N1CSCC1C(=O)N[C@@H]1CC[C@H](C(=O)O)C1. The zero-order valence-corrected chi connectivity index (χ0v) is 13.0. The van der Waals surface area contributed by atoms with Gasteiger partial charge in [0.2, 0.25) is 11.8 Å². The normalized spacial score (nSPS) is 28.6. The number of nitrogens with zero attached hydrogens (tertiary/aromatic N) is 1. The highest BCUT2D eigenvalue weighted by Crippen LogP contribution is 2.27. The number of hydrogen-bond acceptors (Lipinski definition) is 4. The Morgan fingerprint density at radius 3 is 2.71 bits per heavy atom. The van der Waals surface area contributed by atoms with Crippen molar-refractivity contribution in [3.05, 3.63) is 0 Å². The number of aliphatic carboxylic acids is 1. The molecule has 0 radical (unpaired) electrons. The molecule has 0 spiro atoms. The highest BCUT2D eigenvalue weighted by atomic mass is 32.2. The second kappa shape index (κ2) is 7.15. The monoisotopic (exact) mass is 314 g/mol. The summed E-state index contributed by atoms with van der Waals surface area (Å²) < 4.78 is 0. The first-order valence-electron chi connectivity index (χ1n) is 7.43. The van der Waals surface area contributed by atoms with E-state index in [4.69, 9.17) is 5.11 Å². The molecule has 1 unspecified atom stereocenters. The molecule has 1 saturated heterocycles. The van der Waals surface area contributed by atoms with Crippen LogP contribution in [0.1, 0.15) is 39.0 Å². The summed E-state index contributed by atoms with van der Waals surface area (Å²) >= 11 is 1.59. The second-order valence-electron chi connectivity index (χ2n) is 5.68. The minimum Gasteiger partial charge on any atom is -0.481 e. The average Bonchev–Trinajstić information content (AvgIpc) is 3.07. The highest BCUT2D eigenvalue weighted by molar-refractivity contribution is 7.99. The number of nitrogens with one attached hydrogen (secondary N) is 1. The van der Waals surface area contributed by atoms with Crippen LogP contribution in [0.3, 0.4) is 0 Å². The molecular weight excluding hydrogens is 292 g/mol. The first-order valence-corrected chi connectivity index (χ1v) is 8.58. The Morgan fingerprint density at radius 2 is 2.10 bits per heavy atom. The third kappa shape index (κ3) is 3.90. The minimum absolute atomic E-state index is 0.0254. The molecule has 0 aromatic rings. The first kappa shape index (κ1) is 16.1. The van der Waals surface area contributed by atoms with E-state index in [1.165, 1.54) is 0 Å². The van der Waals surface area contributed by atoms with E-state index >= 15 is 0 Å². The van der Waals surface area contributed by atoms with E-state index in [2.05, 4.69) is 5.32 Å². The van der Waals surface area contributed by atoms with E-state index in [-0.39, 0.29) is 23.8 Å². The van der Waals surface area contributed by atoms with Gasteiger partial charge in [0, 0.05) is 18.2 Å². The summed E-state index contributed by atoms with van der Waals surface area (Å²) in [5, 5.41) is 11.9. The number of thioether (sulfide) groups is 1. The van der Waals surface area contributed by atoms with E-state index < -0.39 is 12.0 Å². The molecule has 0 aromatic heterocycles. The Balaban J connectivity index is 1.88. The van der Waals surface area contributed by atoms with Crippen molar-refractivity contribution in [1.29, 1.82) is 0 Å². The maximum atomic E-state index is 12.3. The van der Waals surface area contributed by atoms with Gasteiger partial charge in [0.15, 0.2) is 0 Å². The summed E-state index contributed by atoms with van der Waals surface area (Å²) in [6.45, 7) is 1.95. The number of carboxylic acids is 1. The quantitative estimate of drug-likeness (QED) is 0.792. The van der Waals surface area contributed by atoms with Crippen molar-refractivity contribution in [3.63, 3.8) is 0 Å². The zero-order chi connectivity index (χ0) is 15.4. The van der Waals surface area contributed by atoms with Crippen molar-refractivity contribution in [2.45, 2.75) is 51.1 Å². The molecule has 6 nitrogen and oxygen atoms in total. The van der Waals surface area contributed by atoms with Gasteiger partial charge in [0.25, 0.3) is 0 Å². The molecule has 0 aromatic carbocycles. The van der Waals surface area contributed by atoms with Crippen LogP contribution in [0.2, 0.25) is 0 Å². The molecule has 2 rings (SSSR count). The summed E-state index contributed by atoms with van der Waals surface area (Å²) in [6, 6.07) is -0.481. The van der Waals surface area contributed by atoms with Gasteiger partial charge in [-0.3, -0.25) is 14.4 Å². The largest absolute Gasteiger partial charge is 0.481 e. The van der Waals surface area contributed by atoms with Gasteiger partial charge in [-0.2, -0.15) is 0 Å². The fraction of sp³-hybridized carbons (Fsp3) is 0.786. The van der Waals surface area contributed by atoms with Crippen molar-refractivity contribution in [2.75, 3.05) is 11.6 Å². The minimum atomic E-state index is -0.789. The van der Waals surface area contributed by atoms with Crippen molar-refractivity contribution in [2.24, 2.45) is 5.92 Å². The maximum absolute atomic E-state index is 12.3. The van der Waals surface area contributed by atoms with Gasteiger partial charge in [0.05, 0.1) is 11.8 Å². The Labute approximate surface area is 128 Å². The van der Waals surface area contributed by atoms with Crippen LogP contribution in [0.5, 0.6) is 0 Å². The number of carbonyl (C=O) groups is 3. The van der Waals surface area contributed by atoms with Crippen LogP contribution in [-0.4, -0.2) is 51.5 Å². The molecule has 0 bridgehead atoms. The zero-order valence-electron chi connectivity index (χ0n) is 12.2. The Morgan fingerprint density at radius 1 is 1.33 bits per heavy atom. The number of carboxylic acid groups (broad SMARTS) is 1. The molecule has 2 amide bonds. The van der Waals surface area contributed by atoms with Gasteiger partial charge in [-0.15, -0.1) is 11.8 Å². The van der Waals surface area contributed by atoms with Crippen LogP contribution in [0.15, 0.2) is 0 Å². The van der Waals surface area contributed by atoms with Crippen molar-refractivity contribution < 1.29 is 19.5 Å². The third-order valence-corrected chi connectivity index (χ3v) is 5.11. The molecular formula is C14H22N2O4S. The smallest absolute Gasteiger partial charge is 0.306 e. The molecule has 1 heterocycles. The third-order valence-electron chi connectivity index (χ3n) is 4.10. The average molecular weight is 314 g/mol. The van der Waals surface area contributed by atoms with Gasteiger partial charge < -0.3 is 15.3 Å². The Kier molecular flexibility index (Phi) is 5.50. The lowest BCUT2D eigenvalue weighted by Gasteiger charge is -2.24. The molecule has 7 heteroatoms. The summed E-state index contributed by atoms with van der Waals surface area (Å²) in [6.07, 6.45) is 3.04. The van der Waals surface area contributed by atoms with Crippen LogP contribution in [-0.2, 0) is 14.4 Å². The second-order valence-corrected chi connectivity index (χ2v) is 6.68. The predicted octanol–water partition coefficient (Wildman–Crippen LogP) is 1.06. The topological polar surface area (TPSA) is 86.7 Å². The Bertz CT molecular complexity index is 429. The van der Waals surface area contributed by atoms with Crippen LogP contribution >= 0.6 is 11.8 Å². The van der Waals surface area contributed by atoms with Crippen LogP contribution in [0, 0.1) is 5.92 Å². The van der Waals surface area contributed by atoms with E-state index in [0.29, 0.717) is 37.3 Å². The summed E-state index contributed by atoms with van der Waals surface area (Å²) in [7, 11) is 0. The number of rotatable bonds is 5. The molecule has 21 heavy (non-hydrogen) atoms. The van der Waals surface area contributed by atoms with E-state index in [1.807, 2.05) is 6.92 Å². The number of hydrogen-bond donors (Lipinski definition) is 2. The van der Waals surface area contributed by atoms with E-state index in [1.54, 1.807) is 16.7 Å². The molecule has 118 valence electrons. The molecule has 2 aliphatic rings. The van der Waals surface area contributed by atoms with Crippen molar-refractivity contribution >= 4 is 29.5 Å². The standard InChI is InChI=1S/C14H22N2O4S/c1-2-3-12(17)16-8-21-7-11(16)13(18)15-10-5-4-9(6-10)14(19)20/h9-11H,2-8H2,1H3,(H,15,18)(H,19,20)/t9-,10+,11?/m0/s1. The molecule has 1 aliphatic heterocycles. The summed E-state index contributed by atoms with van der Waals surface area (Å²) in [5.74, 6) is -0.0672. The van der Waals surface area contributed by atoms with Crippen molar-refractivity contribution in [3.8, 4) is 0 Å². The first-order chi connectivity index (χ1) is 10.0. The van der Waals surface area contributed by atoms with Crippen LogP contribution in [0.4, 0.5) is 0 Å². The molecule has 1 aliphatic carbocycles. The Hall–Kier alpha value is -1.24. The fourth-order valence-corrected chi connectivity index (χ4v) is 4.08. The number of amides is 2. The maximum Gasteiger partial charge on any atom is 0.306 e. The van der Waals surface area contributed by atoms with Gasteiger partial charge >= 0.3 is 5.97 Å². The number of carbonyl (C=O) groups excluding carboxylic acids is 2. The predicted molar refractivity (Wildman–Crippen MR) is 79.8 cm³/mol. The summed E-state index contributed by atoms with van der Waals surface area (Å²) in [5.41, 5.74) is 0. The van der Waals surface area contributed by atoms with E-state index in [9.17, 15) is 14.4 Å². The highest BCUT2D eigenvalue weighted by Gasteiger charge is 2.37. The van der Waals surface area contributed by atoms with Crippen LogP contribution < -0.4 is 5.32 Å². The lowest BCUT2D eigenvalue weighted by Crippen LogP contribution is -2.49. The lowest BCUT2D eigenvalue weighted by molar-refractivity contribution is -0.141. The van der Waals surface area contributed by atoms with E-state index in [0.717, 1.165) is 6.42 Å². The van der Waals surface area contributed by atoms with Gasteiger partial charge in [-0.1, -0.05) is 6.92 Å². The molecule has 3 atom stereocenters. The van der Waals surface area contributed by atoms with Gasteiger partial charge in [0.1, 0.15) is 6.04 Å². The molecule has 1 saturated carbocycles. The lowest BCUT2D eigenvalue weighted by atomic mass is 10.1. The van der Waals surface area contributed by atoms with Gasteiger partial charge in [-0.05, 0) is 25.7 Å². The molecule has 2 fully saturated rings. The fourth-order valence-electron chi connectivity index (χ4n) is 2.90. The van der Waals surface area contributed by atoms with Crippen molar-refractivity contribution in [1.82, 2.24) is 10.2 Å². The van der Waals surface area contributed by atoms with Gasteiger partial charge in [-0.25, -0.2) is 0 Å². The van der Waals surface area contributed by atoms with Crippen LogP contribution in [0.25, 0.3) is 0 Å².